The van der Waals surface area contributed by atoms with Crippen LogP contribution in [0.15, 0.2) is 18.2 Å². The molecule has 4 heteroatoms. The topological polar surface area (TPSA) is 43.1 Å². The molecule has 1 fully saturated rings. The fourth-order valence-electron chi connectivity index (χ4n) is 2.38. The van der Waals surface area contributed by atoms with Gasteiger partial charge in [-0.3, -0.25) is 4.79 Å². The van der Waals surface area contributed by atoms with Crippen LogP contribution in [0.1, 0.15) is 36.0 Å². The van der Waals surface area contributed by atoms with E-state index < -0.39 is 11.6 Å². The molecule has 2 rings (SSSR count). The molecule has 0 heterocycles. The van der Waals surface area contributed by atoms with Crippen LogP contribution in [0.5, 0.6) is 0 Å². The van der Waals surface area contributed by atoms with Gasteiger partial charge in [-0.15, -0.1) is 0 Å². The summed E-state index contributed by atoms with van der Waals surface area (Å²) in [6.07, 6.45) is 3.04. The summed E-state index contributed by atoms with van der Waals surface area (Å²) in [5, 5.41) is 0. The highest BCUT2D eigenvalue weighted by molar-refractivity contribution is 5.98. The summed E-state index contributed by atoms with van der Waals surface area (Å²) in [5.41, 5.74) is 5.64. The Morgan fingerprint density at radius 1 is 1.29 bits per heavy atom. The van der Waals surface area contributed by atoms with E-state index in [2.05, 4.69) is 0 Å². The fraction of sp³-hybridized carbons (Fsp3) is 0.462. The molecule has 92 valence electrons. The summed E-state index contributed by atoms with van der Waals surface area (Å²) in [4.78, 5) is 12.1. The number of carbonyl (C=O) groups is 1. The van der Waals surface area contributed by atoms with Crippen molar-refractivity contribution < 1.29 is 13.6 Å². The molecule has 2 unspecified atom stereocenters. The number of carbonyl (C=O) groups excluding carboxylic acids is 1. The van der Waals surface area contributed by atoms with Crippen LogP contribution in [0.25, 0.3) is 0 Å². The summed E-state index contributed by atoms with van der Waals surface area (Å²) in [6, 6.07) is 3.70. The zero-order valence-electron chi connectivity index (χ0n) is 9.46. The van der Waals surface area contributed by atoms with Crippen LogP contribution >= 0.6 is 0 Å². The van der Waals surface area contributed by atoms with E-state index in [1.54, 1.807) is 0 Å². The molecule has 1 aromatic carbocycles. The molecule has 0 spiro atoms. The normalized spacial score (nSPS) is 24.6. The number of rotatable bonds is 2. The van der Waals surface area contributed by atoms with Gasteiger partial charge in [-0.1, -0.05) is 12.5 Å². The van der Waals surface area contributed by atoms with Gasteiger partial charge in [-0.25, -0.2) is 8.78 Å². The molecule has 1 saturated carbocycles. The summed E-state index contributed by atoms with van der Waals surface area (Å²) in [5.74, 6) is -2.61. The predicted molar refractivity (Wildman–Crippen MR) is 60.6 cm³/mol. The molecule has 2 atom stereocenters. The van der Waals surface area contributed by atoms with Gasteiger partial charge in [0.1, 0.15) is 0 Å². The van der Waals surface area contributed by atoms with Crippen LogP contribution in [0.4, 0.5) is 8.78 Å². The van der Waals surface area contributed by atoms with Gasteiger partial charge in [0.2, 0.25) is 0 Å². The largest absolute Gasteiger partial charge is 0.328 e. The third kappa shape index (κ3) is 2.52. The molecule has 0 radical (unpaired) electrons. The SMILES string of the molecule is NC1CCCC(C(=O)c2cccc(F)c2F)C1. The monoisotopic (exact) mass is 239 g/mol. The lowest BCUT2D eigenvalue weighted by molar-refractivity contribution is 0.0876. The van der Waals surface area contributed by atoms with Crippen molar-refractivity contribution in [2.24, 2.45) is 11.7 Å². The molecule has 1 aliphatic rings. The van der Waals surface area contributed by atoms with Crippen molar-refractivity contribution in [3.05, 3.63) is 35.4 Å². The highest BCUT2D eigenvalue weighted by Crippen LogP contribution is 2.27. The molecule has 0 saturated heterocycles. The van der Waals surface area contributed by atoms with Crippen molar-refractivity contribution in [1.82, 2.24) is 0 Å². The Kier molecular flexibility index (Phi) is 3.52. The second-order valence-corrected chi connectivity index (χ2v) is 4.59. The summed E-state index contributed by atoms with van der Waals surface area (Å²) in [7, 11) is 0. The minimum absolute atomic E-state index is 0.00526. The molecule has 2 nitrogen and oxygen atoms in total. The van der Waals surface area contributed by atoms with Gasteiger partial charge in [-0.05, 0) is 31.4 Å². The van der Waals surface area contributed by atoms with Crippen LogP contribution in [0.2, 0.25) is 0 Å². The van der Waals surface area contributed by atoms with E-state index in [0.717, 1.165) is 18.9 Å². The van der Waals surface area contributed by atoms with Gasteiger partial charge >= 0.3 is 0 Å². The number of ketones is 1. The van der Waals surface area contributed by atoms with Gasteiger partial charge in [0.25, 0.3) is 0 Å². The number of Topliss-reactive ketones (excluding diaryl/α,β-unsaturated/α-hetero) is 1. The average molecular weight is 239 g/mol. The Morgan fingerprint density at radius 3 is 2.76 bits per heavy atom. The second-order valence-electron chi connectivity index (χ2n) is 4.59. The number of nitrogens with two attached hydrogens (primary N) is 1. The Morgan fingerprint density at radius 2 is 2.06 bits per heavy atom. The molecule has 17 heavy (non-hydrogen) atoms. The molecule has 1 aliphatic carbocycles. The first-order valence-electron chi connectivity index (χ1n) is 5.83. The van der Waals surface area contributed by atoms with Crippen molar-refractivity contribution in [1.29, 1.82) is 0 Å². The summed E-state index contributed by atoms with van der Waals surface area (Å²) >= 11 is 0. The molecule has 0 bridgehead atoms. The van der Waals surface area contributed by atoms with E-state index in [1.165, 1.54) is 12.1 Å². The lowest BCUT2D eigenvalue weighted by Crippen LogP contribution is -2.32. The second kappa shape index (κ2) is 4.92. The smallest absolute Gasteiger partial charge is 0.169 e. The molecule has 2 N–H and O–H groups in total. The number of hydrogen-bond donors (Lipinski definition) is 1. The van der Waals surface area contributed by atoms with E-state index in [-0.39, 0.29) is 23.3 Å². The maximum absolute atomic E-state index is 13.5. The van der Waals surface area contributed by atoms with Gasteiger partial charge in [0.05, 0.1) is 5.56 Å². The first-order chi connectivity index (χ1) is 8.09. The quantitative estimate of drug-likeness (QED) is 0.806. The third-order valence-electron chi connectivity index (χ3n) is 3.30. The maximum Gasteiger partial charge on any atom is 0.169 e. The van der Waals surface area contributed by atoms with Crippen molar-refractivity contribution in [2.75, 3.05) is 0 Å². The Balaban J connectivity index is 2.22. The lowest BCUT2D eigenvalue weighted by atomic mass is 9.81. The van der Waals surface area contributed by atoms with Crippen LogP contribution < -0.4 is 5.73 Å². The third-order valence-corrected chi connectivity index (χ3v) is 3.30. The highest BCUT2D eigenvalue weighted by Gasteiger charge is 2.28. The van der Waals surface area contributed by atoms with Gasteiger partial charge in [0.15, 0.2) is 17.4 Å². The summed E-state index contributed by atoms with van der Waals surface area (Å²) < 4.78 is 26.5. The van der Waals surface area contributed by atoms with Crippen molar-refractivity contribution in [3.8, 4) is 0 Å². The van der Waals surface area contributed by atoms with Crippen LogP contribution in [-0.4, -0.2) is 11.8 Å². The van der Waals surface area contributed by atoms with Gasteiger partial charge in [0, 0.05) is 12.0 Å². The maximum atomic E-state index is 13.5. The molecule has 0 aliphatic heterocycles. The van der Waals surface area contributed by atoms with E-state index in [1.807, 2.05) is 0 Å². The number of halogens is 2. The predicted octanol–water partition coefficient (Wildman–Crippen LogP) is 2.67. The van der Waals surface area contributed by atoms with Crippen molar-refractivity contribution in [3.63, 3.8) is 0 Å². The van der Waals surface area contributed by atoms with Crippen LogP contribution in [-0.2, 0) is 0 Å². The van der Waals surface area contributed by atoms with Crippen molar-refractivity contribution in [2.45, 2.75) is 31.7 Å². The zero-order valence-corrected chi connectivity index (χ0v) is 9.46. The Hall–Kier alpha value is -1.29. The van der Waals surface area contributed by atoms with E-state index in [9.17, 15) is 13.6 Å². The molecule has 1 aromatic rings. The van der Waals surface area contributed by atoms with Crippen LogP contribution in [0.3, 0.4) is 0 Å². The Bertz CT molecular complexity index is 433. The first kappa shape index (κ1) is 12.2. The standard InChI is InChI=1S/C13H15F2NO/c14-11-6-2-5-10(12(11)15)13(17)8-3-1-4-9(16)7-8/h2,5-6,8-9H,1,3-4,7,16H2. The van der Waals surface area contributed by atoms with E-state index in [4.69, 9.17) is 5.73 Å². The molecule has 0 amide bonds. The van der Waals surface area contributed by atoms with Crippen LogP contribution in [0, 0.1) is 17.6 Å². The van der Waals surface area contributed by atoms with Gasteiger partial charge in [-0.2, -0.15) is 0 Å². The molecular formula is C13H15F2NO. The van der Waals surface area contributed by atoms with Crippen molar-refractivity contribution >= 4 is 5.78 Å². The molecule has 0 aromatic heterocycles. The average Bonchev–Trinajstić information content (AvgIpc) is 2.32. The number of benzene rings is 1. The van der Waals surface area contributed by atoms with E-state index in [0.29, 0.717) is 12.8 Å². The highest BCUT2D eigenvalue weighted by atomic mass is 19.2. The van der Waals surface area contributed by atoms with E-state index >= 15 is 0 Å². The minimum atomic E-state index is -1.04. The number of hydrogen-bond acceptors (Lipinski definition) is 2. The van der Waals surface area contributed by atoms with Gasteiger partial charge < -0.3 is 5.73 Å². The fourth-order valence-corrected chi connectivity index (χ4v) is 2.38. The lowest BCUT2D eigenvalue weighted by Gasteiger charge is -2.25. The Labute approximate surface area is 98.8 Å². The molecular weight excluding hydrogens is 224 g/mol. The first-order valence-corrected chi connectivity index (χ1v) is 5.83. The summed E-state index contributed by atoms with van der Waals surface area (Å²) in [6.45, 7) is 0. The zero-order chi connectivity index (χ0) is 12.4. The minimum Gasteiger partial charge on any atom is -0.328 e.